The number of benzene rings is 2. The Labute approximate surface area is 220 Å². The van der Waals surface area contributed by atoms with Crippen LogP contribution in [0.3, 0.4) is 0 Å². The van der Waals surface area contributed by atoms with E-state index < -0.39 is 6.10 Å². The summed E-state index contributed by atoms with van der Waals surface area (Å²) in [6.45, 7) is 2.21. The lowest BCUT2D eigenvalue weighted by Crippen LogP contribution is -2.42. The summed E-state index contributed by atoms with van der Waals surface area (Å²) in [5, 5.41) is 22.9. The summed E-state index contributed by atoms with van der Waals surface area (Å²) < 4.78 is 18.5. The fourth-order valence-corrected chi connectivity index (χ4v) is 5.22. The first kappa shape index (κ1) is 26.7. The molecule has 0 bridgehead atoms. The number of fused-ring (bicyclic) bond motifs is 1. The number of methoxy groups -OCH3 is 1. The zero-order valence-corrected chi connectivity index (χ0v) is 21.6. The van der Waals surface area contributed by atoms with Gasteiger partial charge >= 0.3 is 0 Å². The first-order valence-electron chi connectivity index (χ1n) is 11.9. The van der Waals surface area contributed by atoms with Gasteiger partial charge in [-0.2, -0.15) is 0 Å². The van der Waals surface area contributed by atoms with E-state index in [0.717, 1.165) is 36.8 Å². The van der Waals surface area contributed by atoms with Gasteiger partial charge in [-0.1, -0.05) is 35.0 Å². The molecule has 1 aliphatic heterocycles. The van der Waals surface area contributed by atoms with Gasteiger partial charge in [-0.25, -0.2) is 4.39 Å². The van der Waals surface area contributed by atoms with Gasteiger partial charge in [-0.15, -0.1) is 0 Å². The maximum absolute atomic E-state index is 13.2. The third-order valence-electron chi connectivity index (χ3n) is 7.06. The van der Waals surface area contributed by atoms with Crippen molar-refractivity contribution in [3.8, 4) is 17.6 Å². The Balaban J connectivity index is 1.38. The van der Waals surface area contributed by atoms with Gasteiger partial charge in [0.1, 0.15) is 11.6 Å². The van der Waals surface area contributed by atoms with Crippen LogP contribution in [0.25, 0.3) is 10.9 Å². The van der Waals surface area contributed by atoms with Crippen LogP contribution in [0.5, 0.6) is 5.75 Å². The molecule has 2 heterocycles. The van der Waals surface area contributed by atoms with Crippen LogP contribution < -0.4 is 4.74 Å². The van der Waals surface area contributed by atoms with Crippen molar-refractivity contribution in [3.63, 3.8) is 0 Å². The second kappa shape index (κ2) is 11.8. The van der Waals surface area contributed by atoms with Crippen LogP contribution in [0.2, 0.25) is 10.0 Å². The van der Waals surface area contributed by atoms with Crippen molar-refractivity contribution in [3.05, 3.63) is 69.6 Å². The van der Waals surface area contributed by atoms with Crippen molar-refractivity contribution in [1.82, 2.24) is 9.88 Å². The lowest BCUT2D eigenvalue weighted by Gasteiger charge is -2.40. The molecule has 0 unspecified atom stereocenters. The molecular weight excluding hydrogens is 502 g/mol. The average Bonchev–Trinajstić information content (AvgIpc) is 2.89. The molecule has 0 amide bonds. The molecule has 4 rings (SSSR count). The molecule has 5 nitrogen and oxygen atoms in total. The van der Waals surface area contributed by atoms with Crippen LogP contribution in [0.1, 0.15) is 42.9 Å². The molecule has 36 heavy (non-hydrogen) atoms. The van der Waals surface area contributed by atoms with Crippen LogP contribution in [0, 0.1) is 23.1 Å². The van der Waals surface area contributed by atoms with E-state index in [1.54, 1.807) is 19.4 Å². The number of aliphatic hydroxyl groups is 2. The maximum Gasteiger partial charge on any atom is 0.124 e. The molecule has 3 aromatic rings. The van der Waals surface area contributed by atoms with Crippen LogP contribution in [-0.2, 0) is 0 Å². The van der Waals surface area contributed by atoms with E-state index >= 15 is 0 Å². The first-order chi connectivity index (χ1) is 17.3. The van der Waals surface area contributed by atoms with Crippen molar-refractivity contribution in [1.29, 1.82) is 0 Å². The number of piperidine rings is 1. The van der Waals surface area contributed by atoms with Crippen molar-refractivity contribution < 1.29 is 19.3 Å². The van der Waals surface area contributed by atoms with E-state index in [-0.39, 0.29) is 17.8 Å². The van der Waals surface area contributed by atoms with Crippen molar-refractivity contribution in [2.24, 2.45) is 5.41 Å². The minimum absolute atomic E-state index is 0.0586. The van der Waals surface area contributed by atoms with Crippen LogP contribution in [-0.4, -0.2) is 53.4 Å². The molecule has 1 aromatic heterocycles. The molecule has 1 atom stereocenters. The maximum atomic E-state index is 13.2. The zero-order valence-electron chi connectivity index (χ0n) is 20.1. The fourth-order valence-electron chi connectivity index (χ4n) is 4.73. The summed E-state index contributed by atoms with van der Waals surface area (Å²) in [6.07, 6.45) is 3.51. The number of halogens is 3. The van der Waals surface area contributed by atoms with E-state index in [9.17, 15) is 14.6 Å². The topological polar surface area (TPSA) is 65.8 Å². The first-order valence-corrected chi connectivity index (χ1v) is 12.7. The minimum atomic E-state index is -0.789. The summed E-state index contributed by atoms with van der Waals surface area (Å²) in [5.41, 5.74) is 1.72. The highest BCUT2D eigenvalue weighted by atomic mass is 35.5. The van der Waals surface area contributed by atoms with Gasteiger partial charge < -0.3 is 14.9 Å². The predicted octanol–water partition coefficient (Wildman–Crippen LogP) is 5.63. The smallest absolute Gasteiger partial charge is 0.124 e. The van der Waals surface area contributed by atoms with Crippen molar-refractivity contribution >= 4 is 34.1 Å². The van der Waals surface area contributed by atoms with E-state index in [1.807, 2.05) is 18.2 Å². The fraction of sp³-hybridized carbons (Fsp3) is 0.393. The van der Waals surface area contributed by atoms with E-state index in [2.05, 4.69) is 21.7 Å². The third-order valence-corrected chi connectivity index (χ3v) is 7.67. The molecule has 0 radical (unpaired) electrons. The highest BCUT2D eigenvalue weighted by molar-refractivity contribution is 6.32. The lowest BCUT2D eigenvalue weighted by molar-refractivity contribution is 0.0273. The van der Waals surface area contributed by atoms with Gasteiger partial charge in [0.15, 0.2) is 0 Å². The number of aromatic nitrogens is 1. The van der Waals surface area contributed by atoms with Gasteiger partial charge in [0.25, 0.3) is 0 Å². The summed E-state index contributed by atoms with van der Waals surface area (Å²) in [7, 11) is 1.59. The zero-order chi connectivity index (χ0) is 25.7. The molecule has 0 spiro atoms. The largest absolute Gasteiger partial charge is 0.497 e. The molecule has 1 saturated heterocycles. The number of nitrogens with zero attached hydrogens (tertiary/aromatic N) is 2. The molecule has 1 fully saturated rings. The van der Waals surface area contributed by atoms with Crippen LogP contribution in [0.15, 0.2) is 42.6 Å². The van der Waals surface area contributed by atoms with E-state index in [4.69, 9.17) is 27.9 Å². The third kappa shape index (κ3) is 6.11. The predicted molar refractivity (Wildman–Crippen MR) is 141 cm³/mol. The second-order valence-electron chi connectivity index (χ2n) is 9.32. The molecule has 2 N–H and O–H groups in total. The Morgan fingerprint density at radius 3 is 2.64 bits per heavy atom. The average molecular weight is 531 g/mol. The molecule has 0 aliphatic carbocycles. The Bertz CT molecular complexity index is 1280. The van der Waals surface area contributed by atoms with E-state index in [1.165, 1.54) is 12.1 Å². The van der Waals surface area contributed by atoms with Crippen LogP contribution >= 0.6 is 23.2 Å². The monoisotopic (exact) mass is 530 g/mol. The molecule has 1 aliphatic rings. The Morgan fingerprint density at radius 2 is 1.94 bits per heavy atom. The van der Waals surface area contributed by atoms with Gasteiger partial charge in [-0.05, 0) is 80.6 Å². The molecule has 0 saturated carbocycles. The Hall–Kier alpha value is -2.40. The number of pyridine rings is 1. The lowest BCUT2D eigenvalue weighted by atomic mass is 9.74. The summed E-state index contributed by atoms with van der Waals surface area (Å²) >= 11 is 12.5. The Morgan fingerprint density at radius 1 is 1.17 bits per heavy atom. The second-order valence-corrected chi connectivity index (χ2v) is 10.1. The van der Waals surface area contributed by atoms with Gasteiger partial charge in [0.05, 0.1) is 35.3 Å². The number of hydrogen-bond donors (Lipinski definition) is 2. The van der Waals surface area contributed by atoms with Gasteiger partial charge in [0, 0.05) is 29.3 Å². The van der Waals surface area contributed by atoms with Crippen molar-refractivity contribution in [2.45, 2.75) is 31.8 Å². The standard InChI is InChI=1S/C28H29Cl2FN2O3/c1-36-21-6-7-25-22(16-21)27(24(30)17-32-25)26(35)8-9-28(18-34)10-13-33(14-11-28)12-2-3-19-4-5-20(31)15-23(19)29/h4-7,15-17,26,34-35H,8-14,18H2,1H3/t26-/m0/s1. The summed E-state index contributed by atoms with van der Waals surface area (Å²) in [6, 6.07) is 9.70. The number of hydrogen-bond acceptors (Lipinski definition) is 5. The summed E-state index contributed by atoms with van der Waals surface area (Å²) in [5.74, 6) is 6.41. The van der Waals surface area contributed by atoms with Gasteiger partial charge in [-0.3, -0.25) is 9.88 Å². The molecular formula is C28H29Cl2FN2O3. The number of ether oxygens (including phenoxy) is 1. The molecule has 2 aromatic carbocycles. The van der Waals surface area contributed by atoms with E-state index in [0.29, 0.717) is 46.3 Å². The highest BCUT2D eigenvalue weighted by Gasteiger charge is 2.34. The SMILES string of the molecule is COc1ccc2ncc(Cl)c([C@@H](O)CCC3(CO)CCN(CC#Cc4ccc(F)cc4Cl)CC3)c2c1. The normalized spacial score (nSPS) is 16.4. The quantitative estimate of drug-likeness (QED) is 0.387. The number of aliphatic hydroxyl groups excluding tert-OH is 2. The van der Waals surface area contributed by atoms with Crippen molar-refractivity contribution in [2.75, 3.05) is 33.4 Å². The highest BCUT2D eigenvalue weighted by Crippen LogP contribution is 2.40. The summed E-state index contributed by atoms with van der Waals surface area (Å²) in [4.78, 5) is 6.59. The number of rotatable bonds is 7. The Kier molecular flexibility index (Phi) is 8.71. The van der Waals surface area contributed by atoms with Crippen LogP contribution in [0.4, 0.5) is 4.39 Å². The number of likely N-dealkylation sites (tertiary alicyclic amines) is 1. The molecule has 190 valence electrons. The molecule has 8 heteroatoms. The minimum Gasteiger partial charge on any atom is -0.497 e. The van der Waals surface area contributed by atoms with Gasteiger partial charge in [0.2, 0.25) is 0 Å².